The van der Waals surface area contributed by atoms with Gasteiger partial charge in [-0.2, -0.15) is 0 Å². The first-order chi connectivity index (χ1) is 25.0. The first-order valence-electron chi connectivity index (χ1n) is 21.4. The number of pyridine rings is 2. The second kappa shape index (κ2) is 22.5. The Morgan fingerprint density at radius 1 is 0.577 bits per heavy atom. The van der Waals surface area contributed by atoms with Crippen LogP contribution in [0.1, 0.15) is 176 Å². The summed E-state index contributed by atoms with van der Waals surface area (Å²) in [6, 6.07) is 19.1. The van der Waals surface area contributed by atoms with Crippen LogP contribution in [-0.2, 0) is 8.85 Å². The van der Waals surface area contributed by atoms with E-state index in [2.05, 4.69) is 107 Å². The highest BCUT2D eigenvalue weighted by Gasteiger charge is 2.39. The normalized spacial score (nSPS) is 14.2. The van der Waals surface area contributed by atoms with E-state index in [9.17, 15) is 5.11 Å². The van der Waals surface area contributed by atoms with Gasteiger partial charge in [0.05, 0.1) is 34.0 Å². The van der Waals surface area contributed by atoms with Gasteiger partial charge in [-0.1, -0.05) is 107 Å². The van der Waals surface area contributed by atoms with Crippen molar-refractivity contribution >= 4 is 27.8 Å². The molecular formula is C45H78N2O3Si2. The molecule has 0 aliphatic heterocycles. The van der Waals surface area contributed by atoms with Crippen LogP contribution in [0.2, 0.25) is 36.3 Å². The fourth-order valence-corrected chi connectivity index (χ4v) is 14.5. The fraction of sp³-hybridized carbons (Fsp3) is 0.689. The maximum atomic E-state index is 11.6. The van der Waals surface area contributed by atoms with Gasteiger partial charge in [0.2, 0.25) is 0 Å². The molecule has 0 saturated heterocycles. The number of hydrogen-bond acceptors (Lipinski definition) is 5. The number of nitrogens with zero attached hydrogens (tertiary/aromatic N) is 2. The molecule has 0 aromatic carbocycles. The smallest absolute Gasteiger partial charge is 0.192 e. The van der Waals surface area contributed by atoms with Crippen LogP contribution < -0.4 is 0 Å². The summed E-state index contributed by atoms with van der Waals surface area (Å²) >= 11 is 0. The molecule has 0 radical (unpaired) electrons. The minimum Gasteiger partial charge on any atom is -0.411 e. The van der Waals surface area contributed by atoms with E-state index in [1.807, 2.05) is 24.3 Å². The Morgan fingerprint density at radius 2 is 0.904 bits per heavy atom. The lowest BCUT2D eigenvalue weighted by atomic mass is 9.91. The van der Waals surface area contributed by atoms with E-state index in [1.54, 1.807) is 0 Å². The van der Waals surface area contributed by atoms with Crippen LogP contribution >= 0.6 is 0 Å². The summed E-state index contributed by atoms with van der Waals surface area (Å²) in [6.07, 6.45) is 13.7. The maximum Gasteiger partial charge on any atom is 0.192 e. The van der Waals surface area contributed by atoms with Crippen molar-refractivity contribution in [3.05, 3.63) is 71.3 Å². The third kappa shape index (κ3) is 12.0. The molecule has 0 aliphatic carbocycles. The Bertz CT molecular complexity index is 1250. The van der Waals surface area contributed by atoms with Crippen LogP contribution in [0.15, 0.2) is 48.6 Å². The van der Waals surface area contributed by atoms with E-state index < -0.39 is 22.7 Å². The molecular weight excluding hydrogens is 673 g/mol. The van der Waals surface area contributed by atoms with Gasteiger partial charge >= 0.3 is 0 Å². The van der Waals surface area contributed by atoms with Crippen molar-refractivity contribution in [2.75, 3.05) is 0 Å². The zero-order valence-corrected chi connectivity index (χ0v) is 37.7. The minimum atomic E-state index is -1.71. The van der Waals surface area contributed by atoms with Gasteiger partial charge in [-0.25, -0.2) is 9.97 Å². The lowest BCUT2D eigenvalue weighted by molar-refractivity contribution is 0.0394. The number of aliphatic hydroxyl groups is 1. The van der Waals surface area contributed by atoms with Gasteiger partial charge in [-0.3, -0.25) is 0 Å². The molecule has 7 heteroatoms. The standard InChI is InChI=1S/C45H78N2O3Si2/c1-13-37(29-27-35-44(15-3,16-4)49-51(19-7,20-8)21-9)39-31-25-33-41(46-39)43(48)42-34-26-32-40(47-42)38(14-2)30-28-36-45(17-5,18-6)50-52(22-10,23-11)24-12/h25-26,29-34,43,48H,13-24,27-28,35-36H2,1-12H3/b37-29-,38-30-. The summed E-state index contributed by atoms with van der Waals surface area (Å²) in [5.41, 5.74) is 5.44. The highest BCUT2D eigenvalue weighted by molar-refractivity contribution is 6.74. The Balaban J connectivity index is 2.29. The molecule has 1 N–H and O–H groups in total. The Labute approximate surface area is 322 Å². The molecule has 2 aromatic rings. The van der Waals surface area contributed by atoms with E-state index >= 15 is 0 Å². The second-order valence-electron chi connectivity index (χ2n) is 15.0. The Kier molecular flexibility index (Phi) is 20.0. The maximum absolute atomic E-state index is 11.6. The molecule has 2 rings (SSSR count). The molecule has 0 saturated carbocycles. The third-order valence-electron chi connectivity index (χ3n) is 12.8. The molecule has 2 heterocycles. The van der Waals surface area contributed by atoms with E-state index in [-0.39, 0.29) is 11.2 Å². The van der Waals surface area contributed by atoms with Crippen molar-refractivity contribution in [3.63, 3.8) is 0 Å². The quantitative estimate of drug-likeness (QED) is 0.0970. The third-order valence-corrected chi connectivity index (χ3v) is 22.3. The van der Waals surface area contributed by atoms with Gasteiger partial charge in [0.15, 0.2) is 16.6 Å². The topological polar surface area (TPSA) is 64.5 Å². The molecule has 0 atom stereocenters. The van der Waals surface area contributed by atoms with Gasteiger partial charge in [0, 0.05) is 0 Å². The molecule has 52 heavy (non-hydrogen) atoms. The summed E-state index contributed by atoms with van der Waals surface area (Å²) in [5.74, 6) is 0. The average molecular weight is 751 g/mol. The van der Waals surface area contributed by atoms with Gasteiger partial charge < -0.3 is 14.0 Å². The van der Waals surface area contributed by atoms with Crippen LogP contribution in [-0.4, -0.2) is 42.9 Å². The van der Waals surface area contributed by atoms with Crippen LogP contribution in [0.4, 0.5) is 0 Å². The molecule has 0 fully saturated rings. The molecule has 0 amide bonds. The first-order valence-corrected chi connectivity index (χ1v) is 26.4. The Hall–Kier alpha value is -1.91. The van der Waals surface area contributed by atoms with Crippen LogP contribution in [0.3, 0.4) is 0 Å². The number of aromatic nitrogens is 2. The summed E-state index contributed by atoms with van der Waals surface area (Å²) in [5, 5.41) is 11.6. The van der Waals surface area contributed by atoms with Crippen LogP contribution in [0, 0.1) is 0 Å². The first kappa shape index (κ1) is 46.2. The van der Waals surface area contributed by atoms with Gasteiger partial charge in [0.25, 0.3) is 0 Å². The zero-order chi connectivity index (χ0) is 38.8. The minimum absolute atomic E-state index is 0.0624. The van der Waals surface area contributed by atoms with Gasteiger partial charge in [-0.05, 0) is 136 Å². The summed E-state index contributed by atoms with van der Waals surface area (Å²) in [6.45, 7) is 27.5. The lowest BCUT2D eigenvalue weighted by Crippen LogP contribution is -2.46. The SMILES string of the molecule is CC/C(=C/CCC(CC)(CC)O[Si](CC)(CC)CC)c1cccc(C(O)c2cccc(/C(=C\CCC(CC)(CC)O[Si](CC)(CC)CC)CC)n2)n1. The molecule has 0 unspecified atom stereocenters. The summed E-state index contributed by atoms with van der Waals surface area (Å²) < 4.78 is 14.3. The van der Waals surface area contributed by atoms with E-state index in [1.165, 1.54) is 47.4 Å². The van der Waals surface area contributed by atoms with Gasteiger partial charge in [0.1, 0.15) is 6.10 Å². The fourth-order valence-electron chi connectivity index (χ4n) is 8.05. The number of aliphatic hydroxyl groups excluding tert-OH is 1. The number of allylic oxidation sites excluding steroid dienone is 4. The van der Waals surface area contributed by atoms with Crippen LogP contribution in [0.25, 0.3) is 11.1 Å². The molecule has 0 spiro atoms. The summed E-state index contributed by atoms with van der Waals surface area (Å²) in [7, 11) is -3.43. The average Bonchev–Trinajstić information content (AvgIpc) is 3.21. The molecule has 2 aromatic heterocycles. The van der Waals surface area contributed by atoms with Crippen molar-refractivity contribution in [3.8, 4) is 0 Å². The predicted octanol–water partition coefficient (Wildman–Crippen LogP) is 13.9. The number of rotatable bonds is 26. The highest BCUT2D eigenvalue weighted by atomic mass is 28.4. The largest absolute Gasteiger partial charge is 0.411 e. The van der Waals surface area contributed by atoms with Crippen LogP contribution in [0.5, 0.6) is 0 Å². The highest BCUT2D eigenvalue weighted by Crippen LogP contribution is 2.37. The monoisotopic (exact) mass is 751 g/mol. The van der Waals surface area contributed by atoms with Crippen molar-refractivity contribution in [1.29, 1.82) is 0 Å². The molecule has 5 nitrogen and oxygen atoms in total. The second-order valence-corrected chi connectivity index (χ2v) is 24.4. The van der Waals surface area contributed by atoms with Crippen molar-refractivity contribution in [2.45, 2.75) is 201 Å². The number of hydrogen-bond donors (Lipinski definition) is 1. The van der Waals surface area contributed by atoms with Crippen molar-refractivity contribution in [1.82, 2.24) is 9.97 Å². The Morgan fingerprint density at radius 3 is 1.17 bits per heavy atom. The molecule has 0 aliphatic rings. The van der Waals surface area contributed by atoms with E-state index in [0.717, 1.165) is 75.6 Å². The molecule has 0 bridgehead atoms. The van der Waals surface area contributed by atoms with Crippen molar-refractivity contribution < 1.29 is 14.0 Å². The predicted molar refractivity (Wildman–Crippen MR) is 231 cm³/mol. The lowest BCUT2D eigenvalue weighted by Gasteiger charge is -2.42. The van der Waals surface area contributed by atoms with E-state index in [4.69, 9.17) is 18.8 Å². The van der Waals surface area contributed by atoms with Gasteiger partial charge in [-0.15, -0.1) is 0 Å². The zero-order valence-electron chi connectivity index (χ0n) is 35.7. The van der Waals surface area contributed by atoms with Crippen molar-refractivity contribution in [2.24, 2.45) is 0 Å². The summed E-state index contributed by atoms with van der Waals surface area (Å²) in [4.78, 5) is 10.0. The van der Waals surface area contributed by atoms with E-state index in [0.29, 0.717) is 11.4 Å². The molecule has 294 valence electrons.